The molecule has 3 aromatic heterocycles. The fourth-order valence-electron chi connectivity index (χ4n) is 2.89. The van der Waals surface area contributed by atoms with Crippen molar-refractivity contribution in [3.63, 3.8) is 0 Å². The number of fused-ring (bicyclic) bond motifs is 1. The highest BCUT2D eigenvalue weighted by molar-refractivity contribution is 7.90. The minimum absolute atomic E-state index is 0.255. The first-order valence-corrected chi connectivity index (χ1v) is 10.1. The van der Waals surface area contributed by atoms with Crippen molar-refractivity contribution in [2.24, 2.45) is 0 Å². The first-order chi connectivity index (χ1) is 12.0. The minimum atomic E-state index is -3.75. The summed E-state index contributed by atoms with van der Waals surface area (Å²) in [6.45, 7) is 3.98. The molecule has 0 saturated carbocycles. The van der Waals surface area contributed by atoms with Gasteiger partial charge < -0.3 is 0 Å². The van der Waals surface area contributed by atoms with Gasteiger partial charge in [0.1, 0.15) is 0 Å². The van der Waals surface area contributed by atoms with Crippen LogP contribution in [-0.4, -0.2) is 17.4 Å². The summed E-state index contributed by atoms with van der Waals surface area (Å²) in [4.78, 5) is 6.67. The molecule has 4 nitrogen and oxygen atoms in total. The van der Waals surface area contributed by atoms with Crippen LogP contribution in [0.2, 0.25) is 0 Å². The Morgan fingerprint density at radius 3 is 2.44 bits per heavy atom. The van der Waals surface area contributed by atoms with Gasteiger partial charge >= 0.3 is 0 Å². The Kier molecular flexibility index (Phi) is 3.74. The Morgan fingerprint density at radius 1 is 1.00 bits per heavy atom. The molecule has 3 heterocycles. The van der Waals surface area contributed by atoms with Gasteiger partial charge in [-0.05, 0) is 55.8 Å². The third-order valence-corrected chi connectivity index (χ3v) is 6.89. The van der Waals surface area contributed by atoms with E-state index in [0.29, 0.717) is 11.3 Å². The van der Waals surface area contributed by atoms with Gasteiger partial charge in [0, 0.05) is 16.5 Å². The number of pyridine rings is 1. The van der Waals surface area contributed by atoms with E-state index in [9.17, 15) is 8.42 Å². The Balaban J connectivity index is 2.10. The van der Waals surface area contributed by atoms with E-state index in [4.69, 9.17) is 0 Å². The van der Waals surface area contributed by atoms with E-state index in [1.165, 1.54) is 3.97 Å². The molecular weight excluding hydrogens is 352 g/mol. The molecule has 0 spiro atoms. The molecule has 6 heteroatoms. The second-order valence-corrected chi connectivity index (χ2v) is 8.96. The van der Waals surface area contributed by atoms with Gasteiger partial charge in [0.15, 0.2) is 5.65 Å². The SMILES string of the molecule is Cc1ccc(-c2cc3c(C)ccnc3n2S(=O)(=O)c2ccccc2)s1. The third-order valence-electron chi connectivity index (χ3n) is 4.15. The van der Waals surface area contributed by atoms with E-state index in [1.807, 2.05) is 38.1 Å². The number of thiophene rings is 1. The van der Waals surface area contributed by atoms with Crippen LogP contribution >= 0.6 is 11.3 Å². The Bertz CT molecular complexity index is 1170. The van der Waals surface area contributed by atoms with Crippen LogP contribution in [0.4, 0.5) is 0 Å². The number of aromatic nitrogens is 2. The lowest BCUT2D eigenvalue weighted by atomic mass is 10.2. The molecule has 126 valence electrons. The van der Waals surface area contributed by atoms with Gasteiger partial charge in [-0.3, -0.25) is 0 Å². The fraction of sp³-hybridized carbons (Fsp3) is 0.105. The normalized spacial score (nSPS) is 11.9. The topological polar surface area (TPSA) is 52.0 Å². The van der Waals surface area contributed by atoms with Crippen LogP contribution in [-0.2, 0) is 10.0 Å². The van der Waals surface area contributed by atoms with Crippen molar-refractivity contribution in [1.29, 1.82) is 0 Å². The lowest BCUT2D eigenvalue weighted by Gasteiger charge is -2.10. The number of nitrogens with zero attached hydrogens (tertiary/aromatic N) is 2. The second kappa shape index (κ2) is 5.82. The van der Waals surface area contributed by atoms with Gasteiger partial charge in [0.05, 0.1) is 15.5 Å². The molecule has 0 N–H and O–H groups in total. The number of hydrogen-bond donors (Lipinski definition) is 0. The van der Waals surface area contributed by atoms with Crippen LogP contribution < -0.4 is 0 Å². The molecule has 0 fully saturated rings. The molecule has 25 heavy (non-hydrogen) atoms. The van der Waals surface area contributed by atoms with Crippen molar-refractivity contribution in [1.82, 2.24) is 8.96 Å². The van der Waals surface area contributed by atoms with E-state index in [0.717, 1.165) is 20.7 Å². The summed E-state index contributed by atoms with van der Waals surface area (Å²) in [6.07, 6.45) is 1.65. The molecule has 0 saturated heterocycles. The van der Waals surface area contributed by atoms with E-state index in [-0.39, 0.29) is 4.90 Å². The summed E-state index contributed by atoms with van der Waals surface area (Å²) in [6, 6.07) is 16.3. The van der Waals surface area contributed by atoms with E-state index in [1.54, 1.807) is 47.9 Å². The van der Waals surface area contributed by atoms with Crippen molar-refractivity contribution in [2.45, 2.75) is 18.7 Å². The van der Waals surface area contributed by atoms with Crippen LogP contribution in [0.15, 0.2) is 65.7 Å². The average molecular weight is 368 g/mol. The number of benzene rings is 1. The first kappa shape index (κ1) is 16.1. The molecule has 0 atom stereocenters. The van der Waals surface area contributed by atoms with Crippen LogP contribution in [0.25, 0.3) is 21.6 Å². The third kappa shape index (κ3) is 2.58. The number of aryl methyl sites for hydroxylation is 2. The van der Waals surface area contributed by atoms with Gasteiger partial charge in [-0.2, -0.15) is 0 Å². The van der Waals surface area contributed by atoms with Crippen molar-refractivity contribution >= 4 is 32.4 Å². The van der Waals surface area contributed by atoms with Crippen LogP contribution in [0.5, 0.6) is 0 Å². The summed E-state index contributed by atoms with van der Waals surface area (Å²) >= 11 is 1.57. The van der Waals surface area contributed by atoms with E-state index in [2.05, 4.69) is 4.98 Å². The molecule has 0 amide bonds. The zero-order valence-corrected chi connectivity index (χ0v) is 15.4. The van der Waals surface area contributed by atoms with Crippen molar-refractivity contribution < 1.29 is 8.42 Å². The Morgan fingerprint density at radius 2 is 1.76 bits per heavy atom. The first-order valence-electron chi connectivity index (χ1n) is 7.83. The summed E-state index contributed by atoms with van der Waals surface area (Å²) in [5, 5.41) is 0.850. The highest BCUT2D eigenvalue weighted by Crippen LogP contribution is 2.35. The lowest BCUT2D eigenvalue weighted by Crippen LogP contribution is -2.14. The second-order valence-electron chi connectivity index (χ2n) is 5.89. The fourth-order valence-corrected chi connectivity index (χ4v) is 5.32. The predicted molar refractivity (Wildman–Crippen MR) is 102 cm³/mol. The Labute approximate surface area is 150 Å². The number of rotatable bonds is 3. The van der Waals surface area contributed by atoms with Gasteiger partial charge in [0.2, 0.25) is 0 Å². The highest BCUT2D eigenvalue weighted by atomic mass is 32.2. The van der Waals surface area contributed by atoms with Gasteiger partial charge in [-0.25, -0.2) is 17.4 Å². The summed E-state index contributed by atoms with van der Waals surface area (Å²) in [7, 11) is -3.75. The molecule has 4 aromatic rings. The minimum Gasteiger partial charge on any atom is -0.237 e. The predicted octanol–water partition coefficient (Wildman–Crippen LogP) is 4.62. The summed E-state index contributed by atoms with van der Waals surface area (Å²) in [5.41, 5.74) is 2.12. The summed E-state index contributed by atoms with van der Waals surface area (Å²) < 4.78 is 28.1. The maximum absolute atomic E-state index is 13.3. The highest BCUT2D eigenvalue weighted by Gasteiger charge is 2.25. The van der Waals surface area contributed by atoms with Crippen molar-refractivity contribution in [3.8, 4) is 10.6 Å². The molecule has 0 aliphatic carbocycles. The maximum atomic E-state index is 13.3. The smallest absolute Gasteiger partial charge is 0.237 e. The molecule has 4 rings (SSSR count). The molecule has 0 unspecified atom stereocenters. The molecule has 0 radical (unpaired) electrons. The lowest BCUT2D eigenvalue weighted by molar-refractivity contribution is 0.589. The van der Waals surface area contributed by atoms with Crippen LogP contribution in [0.3, 0.4) is 0 Å². The average Bonchev–Trinajstić information content (AvgIpc) is 3.20. The zero-order valence-electron chi connectivity index (χ0n) is 13.8. The van der Waals surface area contributed by atoms with Gasteiger partial charge in [-0.15, -0.1) is 11.3 Å². The van der Waals surface area contributed by atoms with E-state index < -0.39 is 10.0 Å². The number of hydrogen-bond acceptors (Lipinski definition) is 4. The molecular formula is C19H16N2O2S2. The quantitative estimate of drug-likeness (QED) is 0.530. The van der Waals surface area contributed by atoms with Crippen LogP contribution in [0, 0.1) is 13.8 Å². The molecule has 0 aliphatic heterocycles. The van der Waals surface area contributed by atoms with Crippen molar-refractivity contribution in [2.75, 3.05) is 0 Å². The van der Waals surface area contributed by atoms with Gasteiger partial charge in [-0.1, -0.05) is 18.2 Å². The molecule has 0 bridgehead atoms. The van der Waals surface area contributed by atoms with E-state index >= 15 is 0 Å². The Hall–Kier alpha value is -2.44. The largest absolute Gasteiger partial charge is 0.269 e. The molecule has 1 aromatic carbocycles. The zero-order chi connectivity index (χ0) is 17.6. The van der Waals surface area contributed by atoms with Crippen LogP contribution in [0.1, 0.15) is 10.4 Å². The summed E-state index contributed by atoms with van der Waals surface area (Å²) in [5.74, 6) is 0. The van der Waals surface area contributed by atoms with Crippen molar-refractivity contribution in [3.05, 3.63) is 71.2 Å². The monoisotopic (exact) mass is 368 g/mol. The molecule has 0 aliphatic rings. The maximum Gasteiger partial charge on any atom is 0.269 e. The van der Waals surface area contributed by atoms with Gasteiger partial charge in [0.25, 0.3) is 10.0 Å². The standard InChI is InChI=1S/C19H16N2O2S2/c1-13-10-11-20-19-16(13)12-17(18-9-8-14(2)24-18)21(19)25(22,23)15-6-4-3-5-7-15/h3-12H,1-2H3.